The highest BCUT2D eigenvalue weighted by Gasteiger charge is 2.21. The molecule has 1 saturated heterocycles. The van der Waals surface area contributed by atoms with Crippen LogP contribution >= 0.6 is 0 Å². The van der Waals surface area contributed by atoms with Crippen LogP contribution in [0.5, 0.6) is 0 Å². The summed E-state index contributed by atoms with van der Waals surface area (Å²) in [7, 11) is 0. The van der Waals surface area contributed by atoms with E-state index in [2.05, 4.69) is 4.57 Å². The van der Waals surface area contributed by atoms with Gasteiger partial charge in [-0.15, -0.1) is 0 Å². The topological polar surface area (TPSA) is 101 Å². The van der Waals surface area contributed by atoms with Crippen LogP contribution in [0.25, 0.3) is 6.08 Å². The number of ketones is 1. The van der Waals surface area contributed by atoms with Gasteiger partial charge in [-0.1, -0.05) is 12.1 Å². The molecule has 158 valence electrons. The Balaban J connectivity index is 1.60. The molecule has 8 nitrogen and oxygen atoms in total. The third kappa shape index (κ3) is 5.01. The highest BCUT2D eigenvalue weighted by Crippen LogP contribution is 2.21. The molecular formula is C22H24N2O6. The molecule has 0 N–H and O–H groups in total. The fourth-order valence-electron chi connectivity index (χ4n) is 3.57. The molecule has 8 heteroatoms. The number of carbonyl (C=O) groups excluding carboxylic acids is 2. The molecule has 1 atom stereocenters. The van der Waals surface area contributed by atoms with E-state index >= 15 is 0 Å². The van der Waals surface area contributed by atoms with Gasteiger partial charge in [0.25, 0.3) is 5.69 Å². The van der Waals surface area contributed by atoms with Gasteiger partial charge in [-0.2, -0.15) is 0 Å². The second kappa shape index (κ2) is 9.49. The smallest absolute Gasteiger partial charge is 0.331 e. The lowest BCUT2D eigenvalue weighted by atomic mass is 10.1. The number of nitro benzene ring substituents is 1. The number of nitrogens with zero attached hydrogens (tertiary/aromatic N) is 2. The summed E-state index contributed by atoms with van der Waals surface area (Å²) in [5, 5.41) is 11.0. The summed E-state index contributed by atoms with van der Waals surface area (Å²) in [6.07, 6.45) is 4.59. The van der Waals surface area contributed by atoms with Crippen LogP contribution < -0.4 is 0 Å². The zero-order chi connectivity index (χ0) is 21.7. The SMILES string of the molecule is Cc1cc(C(=O)COC(=O)/C=C/c2ccccc2[N+](=O)[O-])c(C)n1C[C@@H]1CCCO1. The number of aryl methyl sites for hydroxylation is 1. The van der Waals surface area contributed by atoms with Gasteiger partial charge < -0.3 is 14.0 Å². The number of ether oxygens (including phenoxy) is 2. The molecule has 0 radical (unpaired) electrons. The molecular weight excluding hydrogens is 388 g/mol. The van der Waals surface area contributed by atoms with Gasteiger partial charge in [0.1, 0.15) is 0 Å². The van der Waals surface area contributed by atoms with Crippen molar-refractivity contribution in [1.29, 1.82) is 0 Å². The molecule has 0 aliphatic carbocycles. The fourth-order valence-corrected chi connectivity index (χ4v) is 3.57. The van der Waals surface area contributed by atoms with Crippen LogP contribution in [0.4, 0.5) is 5.69 Å². The first-order chi connectivity index (χ1) is 14.4. The largest absolute Gasteiger partial charge is 0.454 e. The van der Waals surface area contributed by atoms with Crippen LogP contribution in [0.3, 0.4) is 0 Å². The first-order valence-corrected chi connectivity index (χ1v) is 9.76. The molecule has 1 aromatic carbocycles. The zero-order valence-electron chi connectivity index (χ0n) is 17.0. The van der Waals surface area contributed by atoms with E-state index in [1.807, 2.05) is 13.8 Å². The molecule has 0 saturated carbocycles. The molecule has 0 unspecified atom stereocenters. The number of Topliss-reactive ketones (excluding diaryl/α,β-unsaturated/α-hetero) is 1. The maximum atomic E-state index is 12.6. The minimum atomic E-state index is -0.741. The molecule has 3 rings (SSSR count). The Morgan fingerprint density at radius 3 is 2.80 bits per heavy atom. The van der Waals surface area contributed by atoms with Crippen molar-refractivity contribution < 1.29 is 24.0 Å². The summed E-state index contributed by atoms with van der Waals surface area (Å²) >= 11 is 0. The first-order valence-electron chi connectivity index (χ1n) is 9.76. The summed E-state index contributed by atoms with van der Waals surface area (Å²) in [5.74, 6) is -1.04. The van der Waals surface area contributed by atoms with E-state index in [0.29, 0.717) is 12.1 Å². The van der Waals surface area contributed by atoms with Gasteiger partial charge in [0.2, 0.25) is 5.78 Å². The number of aromatic nitrogens is 1. The van der Waals surface area contributed by atoms with Gasteiger partial charge in [0, 0.05) is 42.2 Å². The van der Waals surface area contributed by atoms with Crippen molar-refractivity contribution in [3.8, 4) is 0 Å². The van der Waals surface area contributed by atoms with Gasteiger partial charge in [0.05, 0.1) is 16.6 Å². The van der Waals surface area contributed by atoms with Crippen LogP contribution in [0, 0.1) is 24.0 Å². The van der Waals surface area contributed by atoms with Crippen molar-refractivity contribution in [3.05, 3.63) is 69.0 Å². The van der Waals surface area contributed by atoms with Crippen LogP contribution in [-0.4, -0.2) is 40.6 Å². The van der Waals surface area contributed by atoms with Crippen LogP contribution in [0.1, 0.15) is 40.2 Å². The van der Waals surface area contributed by atoms with Crippen LogP contribution in [-0.2, 0) is 20.8 Å². The van der Waals surface area contributed by atoms with Crippen molar-refractivity contribution in [3.63, 3.8) is 0 Å². The van der Waals surface area contributed by atoms with Gasteiger partial charge in [-0.25, -0.2) is 4.79 Å². The third-order valence-corrected chi connectivity index (χ3v) is 5.16. The lowest BCUT2D eigenvalue weighted by molar-refractivity contribution is -0.385. The van der Waals surface area contributed by atoms with E-state index in [4.69, 9.17) is 9.47 Å². The quantitative estimate of drug-likeness (QED) is 0.216. The summed E-state index contributed by atoms with van der Waals surface area (Å²) in [4.78, 5) is 35.0. The van der Waals surface area contributed by atoms with Crippen molar-refractivity contribution in [1.82, 2.24) is 4.57 Å². The Morgan fingerprint density at radius 2 is 2.10 bits per heavy atom. The number of benzene rings is 1. The van der Waals surface area contributed by atoms with E-state index in [1.54, 1.807) is 18.2 Å². The number of rotatable bonds is 8. The van der Waals surface area contributed by atoms with Crippen LogP contribution in [0.2, 0.25) is 0 Å². The molecule has 1 fully saturated rings. The maximum Gasteiger partial charge on any atom is 0.331 e. The summed E-state index contributed by atoms with van der Waals surface area (Å²) in [5.41, 5.74) is 2.45. The molecule has 1 aliphatic rings. The number of para-hydroxylation sites is 1. The van der Waals surface area contributed by atoms with Gasteiger partial charge in [-0.05, 0) is 44.9 Å². The van der Waals surface area contributed by atoms with E-state index in [1.165, 1.54) is 18.2 Å². The van der Waals surface area contributed by atoms with Gasteiger partial charge in [0.15, 0.2) is 6.61 Å². The number of hydrogen-bond donors (Lipinski definition) is 0. The van der Waals surface area contributed by atoms with Crippen molar-refractivity contribution in [2.45, 2.75) is 39.3 Å². The predicted molar refractivity (Wildman–Crippen MR) is 110 cm³/mol. The Bertz CT molecular complexity index is 986. The fraction of sp³-hybridized carbons (Fsp3) is 0.364. The van der Waals surface area contributed by atoms with E-state index in [9.17, 15) is 19.7 Å². The minimum absolute atomic E-state index is 0.115. The van der Waals surface area contributed by atoms with E-state index in [0.717, 1.165) is 36.9 Å². The lowest BCUT2D eigenvalue weighted by Crippen LogP contribution is -2.18. The Kier molecular flexibility index (Phi) is 6.79. The number of carbonyl (C=O) groups is 2. The Hall–Kier alpha value is -3.26. The number of esters is 1. The van der Waals surface area contributed by atoms with E-state index < -0.39 is 17.5 Å². The minimum Gasteiger partial charge on any atom is -0.454 e. The number of nitro groups is 1. The highest BCUT2D eigenvalue weighted by molar-refractivity contribution is 6.00. The second-order valence-corrected chi connectivity index (χ2v) is 7.21. The highest BCUT2D eigenvalue weighted by atomic mass is 16.6. The third-order valence-electron chi connectivity index (χ3n) is 5.16. The molecule has 1 aromatic heterocycles. The number of hydrogen-bond acceptors (Lipinski definition) is 6. The van der Waals surface area contributed by atoms with E-state index in [-0.39, 0.29) is 23.1 Å². The molecule has 0 amide bonds. The first kappa shape index (κ1) is 21.4. The Morgan fingerprint density at radius 1 is 1.33 bits per heavy atom. The van der Waals surface area contributed by atoms with Crippen molar-refractivity contribution in [2.24, 2.45) is 0 Å². The molecule has 2 aromatic rings. The summed E-state index contributed by atoms with van der Waals surface area (Å²) in [6, 6.07) is 7.84. The average molecular weight is 412 g/mol. The molecule has 2 heterocycles. The Labute approximate surface area is 174 Å². The normalized spacial score (nSPS) is 16.1. The molecule has 0 bridgehead atoms. The molecule has 30 heavy (non-hydrogen) atoms. The maximum absolute atomic E-state index is 12.6. The van der Waals surface area contributed by atoms with Crippen LogP contribution in [0.15, 0.2) is 36.4 Å². The lowest BCUT2D eigenvalue weighted by Gasteiger charge is -2.14. The van der Waals surface area contributed by atoms with Crippen molar-refractivity contribution >= 4 is 23.5 Å². The zero-order valence-corrected chi connectivity index (χ0v) is 17.0. The monoisotopic (exact) mass is 412 g/mol. The standard InChI is InChI=1S/C22H24N2O6/c1-15-12-19(16(2)23(15)13-18-7-5-11-29-18)21(25)14-30-22(26)10-9-17-6-3-4-8-20(17)24(27)28/h3-4,6,8-10,12,18H,5,7,11,13-14H2,1-2H3/b10-9+/t18-/m0/s1. The molecule has 1 aliphatic heterocycles. The van der Waals surface area contributed by atoms with Crippen molar-refractivity contribution in [2.75, 3.05) is 13.2 Å². The predicted octanol–water partition coefficient (Wildman–Crippen LogP) is 3.63. The average Bonchev–Trinajstić information content (AvgIpc) is 3.34. The summed E-state index contributed by atoms with van der Waals surface area (Å²) in [6.45, 7) is 4.87. The van der Waals surface area contributed by atoms with Gasteiger partial charge in [-0.3, -0.25) is 14.9 Å². The molecule has 0 spiro atoms. The van der Waals surface area contributed by atoms with Gasteiger partial charge >= 0.3 is 5.97 Å². The summed E-state index contributed by atoms with van der Waals surface area (Å²) < 4.78 is 12.8. The second-order valence-electron chi connectivity index (χ2n) is 7.21.